The molecule has 1 atom stereocenters. The van der Waals surface area contributed by atoms with Gasteiger partial charge in [-0.25, -0.2) is 4.39 Å². The van der Waals surface area contributed by atoms with E-state index in [4.69, 9.17) is 4.74 Å². The number of carbonyl (C=O) groups excluding carboxylic acids is 1. The van der Waals surface area contributed by atoms with Crippen molar-refractivity contribution in [2.45, 2.75) is 6.92 Å². The van der Waals surface area contributed by atoms with E-state index in [2.05, 4.69) is 10.6 Å². The van der Waals surface area contributed by atoms with Crippen LogP contribution in [0.5, 0.6) is 5.75 Å². The molecule has 0 bridgehead atoms. The van der Waals surface area contributed by atoms with Gasteiger partial charge in [0.2, 0.25) is 5.91 Å². The molecule has 0 saturated carbocycles. The maximum atomic E-state index is 13.1. The molecule has 0 aliphatic heterocycles. The molecule has 0 heterocycles. The molecule has 0 aliphatic carbocycles. The summed E-state index contributed by atoms with van der Waals surface area (Å²) in [5.74, 6) is -0.609. The van der Waals surface area contributed by atoms with Gasteiger partial charge in [-0.2, -0.15) is 0 Å². The van der Waals surface area contributed by atoms with Crippen LogP contribution in [-0.4, -0.2) is 26.6 Å². The third-order valence-corrected chi connectivity index (χ3v) is 2.38. The van der Waals surface area contributed by atoms with Crippen LogP contribution in [0, 0.1) is 11.7 Å². The Bertz CT molecular complexity index is 396. The molecule has 1 unspecified atom stereocenters. The van der Waals surface area contributed by atoms with Gasteiger partial charge in [-0.1, -0.05) is 6.92 Å². The Balaban J connectivity index is 2.71. The van der Waals surface area contributed by atoms with Crippen molar-refractivity contribution in [3.05, 3.63) is 24.0 Å². The summed E-state index contributed by atoms with van der Waals surface area (Å²) in [7, 11) is 3.17. The predicted octanol–water partition coefficient (Wildman–Crippen LogP) is 1.63. The summed E-state index contributed by atoms with van der Waals surface area (Å²) in [6.45, 7) is 2.40. The van der Waals surface area contributed by atoms with Gasteiger partial charge in [0.25, 0.3) is 0 Å². The minimum atomic E-state index is -0.450. The predicted molar refractivity (Wildman–Crippen MR) is 64.7 cm³/mol. The molecule has 2 N–H and O–H groups in total. The fourth-order valence-electron chi connectivity index (χ4n) is 1.40. The number of nitrogens with one attached hydrogen (secondary N) is 2. The number of halogens is 1. The zero-order valence-corrected chi connectivity index (χ0v) is 10.2. The second kappa shape index (κ2) is 6.20. The van der Waals surface area contributed by atoms with Crippen LogP contribution in [0.25, 0.3) is 0 Å². The highest BCUT2D eigenvalue weighted by atomic mass is 19.1. The average molecular weight is 240 g/mol. The van der Waals surface area contributed by atoms with Crippen LogP contribution in [0.15, 0.2) is 18.2 Å². The van der Waals surface area contributed by atoms with Gasteiger partial charge in [0.05, 0.1) is 7.11 Å². The Hall–Kier alpha value is -1.62. The maximum absolute atomic E-state index is 13.1. The lowest BCUT2D eigenvalue weighted by Gasteiger charge is -2.12. The van der Waals surface area contributed by atoms with E-state index in [1.54, 1.807) is 7.05 Å². The monoisotopic (exact) mass is 240 g/mol. The molecular weight excluding hydrogens is 223 g/mol. The molecule has 1 aromatic carbocycles. The summed E-state index contributed by atoms with van der Waals surface area (Å²) in [5, 5.41) is 5.62. The third-order valence-electron chi connectivity index (χ3n) is 2.38. The number of carbonyl (C=O) groups is 1. The van der Waals surface area contributed by atoms with Crippen LogP contribution in [0.3, 0.4) is 0 Å². The molecule has 1 aromatic rings. The van der Waals surface area contributed by atoms with E-state index in [9.17, 15) is 9.18 Å². The lowest BCUT2D eigenvalue weighted by atomic mass is 10.1. The number of methoxy groups -OCH3 is 1. The fourth-order valence-corrected chi connectivity index (χ4v) is 1.40. The van der Waals surface area contributed by atoms with Crippen molar-refractivity contribution in [1.82, 2.24) is 5.32 Å². The van der Waals surface area contributed by atoms with Gasteiger partial charge >= 0.3 is 0 Å². The number of amides is 1. The Morgan fingerprint density at radius 2 is 2.24 bits per heavy atom. The lowest BCUT2D eigenvalue weighted by Crippen LogP contribution is -2.28. The van der Waals surface area contributed by atoms with E-state index in [-0.39, 0.29) is 17.6 Å². The summed E-state index contributed by atoms with van der Waals surface area (Å²) >= 11 is 0. The minimum absolute atomic E-state index is 0.115. The van der Waals surface area contributed by atoms with Crippen molar-refractivity contribution >= 4 is 11.6 Å². The van der Waals surface area contributed by atoms with E-state index in [0.717, 1.165) is 0 Å². The summed E-state index contributed by atoms with van der Waals surface area (Å²) in [6.07, 6.45) is 0. The highest BCUT2D eigenvalue weighted by molar-refractivity contribution is 5.92. The standard InChI is InChI=1S/C12H17FN2O2/c1-8(7-14-2)12(16)15-9-4-5-10(13)11(6-9)17-3/h4-6,8,14H,7H2,1-3H3,(H,15,16). The first kappa shape index (κ1) is 13.4. The Morgan fingerprint density at radius 1 is 1.53 bits per heavy atom. The van der Waals surface area contributed by atoms with E-state index < -0.39 is 5.82 Å². The molecule has 17 heavy (non-hydrogen) atoms. The Morgan fingerprint density at radius 3 is 2.82 bits per heavy atom. The third kappa shape index (κ3) is 3.71. The largest absolute Gasteiger partial charge is 0.494 e. The number of hydrogen-bond acceptors (Lipinski definition) is 3. The van der Waals surface area contributed by atoms with E-state index in [1.807, 2.05) is 6.92 Å². The van der Waals surface area contributed by atoms with Crippen molar-refractivity contribution in [2.24, 2.45) is 5.92 Å². The molecule has 0 saturated heterocycles. The van der Waals surface area contributed by atoms with Crippen molar-refractivity contribution < 1.29 is 13.9 Å². The first-order chi connectivity index (χ1) is 8.08. The maximum Gasteiger partial charge on any atom is 0.228 e. The van der Waals surface area contributed by atoms with Crippen molar-refractivity contribution in [2.75, 3.05) is 26.0 Å². The number of rotatable bonds is 5. The van der Waals surface area contributed by atoms with Gasteiger partial charge in [0.15, 0.2) is 11.6 Å². The molecule has 0 radical (unpaired) electrons. The number of hydrogen-bond donors (Lipinski definition) is 2. The molecule has 1 amide bonds. The van der Waals surface area contributed by atoms with Crippen LogP contribution < -0.4 is 15.4 Å². The van der Waals surface area contributed by atoms with Gasteiger partial charge in [-0.15, -0.1) is 0 Å². The van der Waals surface area contributed by atoms with Gasteiger partial charge in [-0.05, 0) is 19.2 Å². The molecular formula is C12H17FN2O2. The highest BCUT2D eigenvalue weighted by Gasteiger charge is 2.12. The molecule has 4 nitrogen and oxygen atoms in total. The van der Waals surface area contributed by atoms with Crippen LogP contribution in [0.2, 0.25) is 0 Å². The molecule has 0 aliphatic rings. The van der Waals surface area contributed by atoms with Gasteiger partial charge in [0.1, 0.15) is 0 Å². The topological polar surface area (TPSA) is 50.4 Å². The van der Waals surface area contributed by atoms with Crippen LogP contribution in [0.1, 0.15) is 6.92 Å². The van der Waals surface area contributed by atoms with E-state index in [0.29, 0.717) is 12.2 Å². The molecule has 0 aromatic heterocycles. The number of ether oxygens (including phenoxy) is 1. The minimum Gasteiger partial charge on any atom is -0.494 e. The second-order valence-corrected chi connectivity index (χ2v) is 3.80. The fraction of sp³-hybridized carbons (Fsp3) is 0.417. The number of benzene rings is 1. The van der Waals surface area contributed by atoms with Crippen molar-refractivity contribution in [3.8, 4) is 5.75 Å². The SMILES string of the molecule is CNCC(C)C(=O)Nc1ccc(F)c(OC)c1. The number of anilines is 1. The molecule has 5 heteroatoms. The summed E-state index contributed by atoms with van der Waals surface area (Å²) < 4.78 is 18.0. The van der Waals surface area contributed by atoms with E-state index >= 15 is 0 Å². The molecule has 0 fully saturated rings. The molecule has 0 spiro atoms. The first-order valence-electron chi connectivity index (χ1n) is 5.37. The highest BCUT2D eigenvalue weighted by Crippen LogP contribution is 2.21. The summed E-state index contributed by atoms with van der Waals surface area (Å²) in [5.41, 5.74) is 0.524. The van der Waals surface area contributed by atoms with Crippen molar-refractivity contribution in [1.29, 1.82) is 0 Å². The molecule has 1 rings (SSSR count). The zero-order valence-electron chi connectivity index (χ0n) is 10.2. The first-order valence-corrected chi connectivity index (χ1v) is 5.37. The normalized spacial score (nSPS) is 12.0. The van der Waals surface area contributed by atoms with Gasteiger partial charge in [0, 0.05) is 24.2 Å². The summed E-state index contributed by atoms with van der Waals surface area (Å²) in [4.78, 5) is 11.7. The van der Waals surface area contributed by atoms with Crippen LogP contribution >= 0.6 is 0 Å². The van der Waals surface area contributed by atoms with E-state index in [1.165, 1.54) is 25.3 Å². The zero-order chi connectivity index (χ0) is 12.8. The smallest absolute Gasteiger partial charge is 0.228 e. The Kier molecular flexibility index (Phi) is 4.90. The van der Waals surface area contributed by atoms with Gasteiger partial charge in [-0.3, -0.25) is 4.79 Å². The molecule has 94 valence electrons. The van der Waals surface area contributed by atoms with Crippen molar-refractivity contribution in [3.63, 3.8) is 0 Å². The quantitative estimate of drug-likeness (QED) is 0.822. The Labute approximate surface area is 100 Å². The second-order valence-electron chi connectivity index (χ2n) is 3.80. The van der Waals surface area contributed by atoms with Crippen LogP contribution in [0.4, 0.5) is 10.1 Å². The lowest BCUT2D eigenvalue weighted by molar-refractivity contribution is -0.119. The van der Waals surface area contributed by atoms with Crippen LogP contribution in [-0.2, 0) is 4.79 Å². The average Bonchev–Trinajstić information content (AvgIpc) is 2.31. The summed E-state index contributed by atoms with van der Waals surface area (Å²) in [6, 6.07) is 4.22. The van der Waals surface area contributed by atoms with Gasteiger partial charge < -0.3 is 15.4 Å².